The summed E-state index contributed by atoms with van der Waals surface area (Å²) in [5, 5.41) is 14.6. The standard InChI is InChI=1S/C21H24N4O/c26-18-12-10-17(11-13-18)21-23-19(14-9-16-6-2-1-3-7-16)24-25(21)20-8-4-5-15-22-20/h1-8,15,17-18,26H,9-14H2. The number of hydrogen-bond donors (Lipinski definition) is 1. The molecule has 0 aliphatic heterocycles. The van der Waals surface area contributed by atoms with Gasteiger partial charge in [-0.1, -0.05) is 36.4 Å². The Kier molecular flexibility index (Phi) is 5.07. The topological polar surface area (TPSA) is 63.8 Å². The van der Waals surface area contributed by atoms with E-state index in [1.807, 2.05) is 28.9 Å². The number of aromatic nitrogens is 4. The van der Waals surface area contributed by atoms with Gasteiger partial charge in [-0.3, -0.25) is 0 Å². The minimum Gasteiger partial charge on any atom is -0.393 e. The van der Waals surface area contributed by atoms with Gasteiger partial charge in [0.25, 0.3) is 0 Å². The molecule has 1 fully saturated rings. The Labute approximate surface area is 153 Å². The van der Waals surface area contributed by atoms with Crippen molar-refractivity contribution in [1.82, 2.24) is 19.7 Å². The molecule has 5 nitrogen and oxygen atoms in total. The van der Waals surface area contributed by atoms with E-state index < -0.39 is 0 Å². The first kappa shape index (κ1) is 16.9. The minimum atomic E-state index is -0.171. The summed E-state index contributed by atoms with van der Waals surface area (Å²) in [7, 11) is 0. The predicted octanol–water partition coefficient (Wildman–Crippen LogP) is 3.47. The van der Waals surface area contributed by atoms with Crippen LogP contribution < -0.4 is 0 Å². The highest BCUT2D eigenvalue weighted by Gasteiger charge is 2.26. The zero-order chi connectivity index (χ0) is 17.8. The summed E-state index contributed by atoms with van der Waals surface area (Å²) in [6, 6.07) is 16.3. The van der Waals surface area contributed by atoms with E-state index in [2.05, 4.69) is 29.2 Å². The molecule has 5 heteroatoms. The lowest BCUT2D eigenvalue weighted by molar-refractivity contribution is 0.121. The third-order valence-corrected chi connectivity index (χ3v) is 5.08. The van der Waals surface area contributed by atoms with Crippen LogP contribution in [-0.2, 0) is 12.8 Å². The molecule has 0 atom stereocenters. The van der Waals surface area contributed by atoms with Crippen LogP contribution in [0.25, 0.3) is 5.82 Å². The molecule has 1 aliphatic rings. The quantitative estimate of drug-likeness (QED) is 0.767. The maximum atomic E-state index is 9.82. The van der Waals surface area contributed by atoms with Crippen LogP contribution in [0.2, 0.25) is 0 Å². The third-order valence-electron chi connectivity index (χ3n) is 5.08. The van der Waals surface area contributed by atoms with Crippen molar-refractivity contribution in [2.24, 2.45) is 0 Å². The van der Waals surface area contributed by atoms with Gasteiger partial charge in [0.1, 0.15) is 5.82 Å². The van der Waals surface area contributed by atoms with Crippen LogP contribution >= 0.6 is 0 Å². The summed E-state index contributed by atoms with van der Waals surface area (Å²) >= 11 is 0. The van der Waals surface area contributed by atoms with Crippen molar-refractivity contribution >= 4 is 0 Å². The number of aryl methyl sites for hydroxylation is 2. The first-order chi connectivity index (χ1) is 12.8. The van der Waals surface area contributed by atoms with Crippen LogP contribution in [-0.4, -0.2) is 31.0 Å². The van der Waals surface area contributed by atoms with E-state index in [1.165, 1.54) is 5.56 Å². The van der Waals surface area contributed by atoms with Crippen LogP contribution in [0.3, 0.4) is 0 Å². The second-order valence-electron chi connectivity index (χ2n) is 6.98. The summed E-state index contributed by atoms with van der Waals surface area (Å²) in [6.45, 7) is 0. The number of pyridine rings is 1. The van der Waals surface area contributed by atoms with Crippen LogP contribution in [0, 0.1) is 0 Å². The fourth-order valence-corrected chi connectivity index (χ4v) is 3.62. The number of aliphatic hydroxyl groups is 1. The van der Waals surface area contributed by atoms with E-state index in [4.69, 9.17) is 10.1 Å². The smallest absolute Gasteiger partial charge is 0.155 e. The second kappa shape index (κ2) is 7.79. The van der Waals surface area contributed by atoms with E-state index >= 15 is 0 Å². The van der Waals surface area contributed by atoms with E-state index in [9.17, 15) is 5.11 Å². The zero-order valence-electron chi connectivity index (χ0n) is 14.8. The van der Waals surface area contributed by atoms with Gasteiger partial charge in [-0.05, 0) is 49.8 Å². The SMILES string of the molecule is OC1CCC(c2nc(CCc3ccccc3)nn2-c2ccccn2)CC1. The van der Waals surface area contributed by atoms with Crippen LogP contribution in [0.15, 0.2) is 54.7 Å². The highest BCUT2D eigenvalue weighted by Crippen LogP contribution is 2.32. The fourth-order valence-electron chi connectivity index (χ4n) is 3.62. The fraction of sp³-hybridized carbons (Fsp3) is 0.381. The molecule has 1 aliphatic carbocycles. The highest BCUT2D eigenvalue weighted by molar-refractivity contribution is 5.24. The molecule has 1 saturated carbocycles. The van der Waals surface area contributed by atoms with E-state index in [1.54, 1.807) is 6.20 Å². The van der Waals surface area contributed by atoms with Gasteiger partial charge in [-0.15, -0.1) is 5.10 Å². The molecule has 0 saturated heterocycles. The van der Waals surface area contributed by atoms with Crippen molar-refractivity contribution in [2.45, 2.75) is 50.5 Å². The average Bonchev–Trinajstić information content (AvgIpc) is 3.13. The van der Waals surface area contributed by atoms with E-state index in [0.717, 1.165) is 56.0 Å². The first-order valence-corrected chi connectivity index (χ1v) is 9.39. The average molecular weight is 348 g/mol. The molecule has 0 bridgehead atoms. The van der Waals surface area contributed by atoms with Crippen molar-refractivity contribution in [1.29, 1.82) is 0 Å². The maximum absolute atomic E-state index is 9.82. The van der Waals surface area contributed by atoms with Crippen LogP contribution in [0.4, 0.5) is 0 Å². The minimum absolute atomic E-state index is 0.171. The van der Waals surface area contributed by atoms with Gasteiger partial charge in [-0.2, -0.15) is 4.68 Å². The summed E-state index contributed by atoms with van der Waals surface area (Å²) < 4.78 is 1.91. The first-order valence-electron chi connectivity index (χ1n) is 9.39. The molecule has 1 N–H and O–H groups in total. The van der Waals surface area contributed by atoms with Gasteiger partial charge < -0.3 is 5.11 Å². The number of nitrogens with zero attached hydrogens (tertiary/aromatic N) is 4. The number of hydrogen-bond acceptors (Lipinski definition) is 4. The van der Waals surface area contributed by atoms with Crippen LogP contribution in [0.5, 0.6) is 0 Å². The maximum Gasteiger partial charge on any atom is 0.155 e. The van der Waals surface area contributed by atoms with Crippen molar-refractivity contribution in [2.75, 3.05) is 0 Å². The van der Waals surface area contributed by atoms with E-state index in [0.29, 0.717) is 5.92 Å². The molecule has 2 aromatic heterocycles. The molecule has 0 radical (unpaired) electrons. The third kappa shape index (κ3) is 3.83. The van der Waals surface area contributed by atoms with Crippen LogP contribution in [0.1, 0.15) is 48.8 Å². The Morgan fingerprint density at radius 3 is 2.42 bits per heavy atom. The van der Waals surface area contributed by atoms with Gasteiger partial charge in [-0.25, -0.2) is 9.97 Å². The molecular weight excluding hydrogens is 324 g/mol. The van der Waals surface area contributed by atoms with Gasteiger partial charge in [0.15, 0.2) is 11.6 Å². The lowest BCUT2D eigenvalue weighted by atomic mass is 9.87. The molecule has 0 spiro atoms. The Bertz CT molecular complexity index is 824. The predicted molar refractivity (Wildman–Crippen MR) is 100 cm³/mol. The van der Waals surface area contributed by atoms with Gasteiger partial charge in [0.2, 0.25) is 0 Å². The van der Waals surface area contributed by atoms with Crippen molar-refractivity contribution in [3.05, 3.63) is 71.9 Å². The Morgan fingerprint density at radius 2 is 1.69 bits per heavy atom. The summed E-state index contributed by atoms with van der Waals surface area (Å²) in [5.74, 6) is 2.99. The van der Waals surface area contributed by atoms with Gasteiger partial charge in [0.05, 0.1) is 6.10 Å². The van der Waals surface area contributed by atoms with E-state index in [-0.39, 0.29) is 6.10 Å². The monoisotopic (exact) mass is 348 g/mol. The number of benzene rings is 1. The largest absolute Gasteiger partial charge is 0.393 e. The molecule has 1 aromatic carbocycles. The number of aliphatic hydroxyl groups excluding tert-OH is 1. The van der Waals surface area contributed by atoms with Crippen molar-refractivity contribution in [3.63, 3.8) is 0 Å². The molecule has 2 heterocycles. The summed E-state index contributed by atoms with van der Waals surface area (Å²) in [6.07, 6.45) is 6.92. The molecule has 4 rings (SSSR count). The normalized spacial score (nSPS) is 20.2. The lowest BCUT2D eigenvalue weighted by Gasteiger charge is -2.24. The molecule has 26 heavy (non-hydrogen) atoms. The summed E-state index contributed by atoms with van der Waals surface area (Å²) in [4.78, 5) is 9.34. The van der Waals surface area contributed by atoms with Crippen molar-refractivity contribution in [3.8, 4) is 5.82 Å². The Hall–Kier alpha value is -2.53. The lowest BCUT2D eigenvalue weighted by Crippen LogP contribution is -2.20. The molecule has 134 valence electrons. The molecule has 0 unspecified atom stereocenters. The molecular formula is C21H24N4O. The summed E-state index contributed by atoms with van der Waals surface area (Å²) in [5.41, 5.74) is 1.30. The Morgan fingerprint density at radius 1 is 0.923 bits per heavy atom. The number of rotatable bonds is 5. The zero-order valence-corrected chi connectivity index (χ0v) is 14.8. The van der Waals surface area contributed by atoms with Gasteiger partial charge >= 0.3 is 0 Å². The van der Waals surface area contributed by atoms with Gasteiger partial charge in [0, 0.05) is 18.5 Å². The van der Waals surface area contributed by atoms with Crippen molar-refractivity contribution < 1.29 is 5.11 Å². The second-order valence-corrected chi connectivity index (χ2v) is 6.98. The molecule has 0 amide bonds. The Balaban J connectivity index is 1.59. The highest BCUT2D eigenvalue weighted by atomic mass is 16.3. The molecule has 3 aromatic rings.